The molecular weight excluding hydrogens is 406 g/mol. The number of carbonyl (C=O) groups excluding carboxylic acids is 2. The van der Waals surface area contributed by atoms with Crippen LogP contribution >= 0.6 is 0 Å². The van der Waals surface area contributed by atoms with E-state index in [4.69, 9.17) is 0 Å². The minimum absolute atomic E-state index is 0.0983. The number of halogens is 4. The van der Waals surface area contributed by atoms with Crippen LogP contribution in [-0.4, -0.2) is 45.8 Å². The quantitative estimate of drug-likeness (QED) is 0.655. The van der Waals surface area contributed by atoms with E-state index < -0.39 is 29.3 Å². The zero-order valence-electron chi connectivity index (χ0n) is 15.7. The summed E-state index contributed by atoms with van der Waals surface area (Å²) in [6.07, 6.45) is -4.99. The minimum Gasteiger partial charge on any atom is -0.345 e. The molecule has 0 saturated carbocycles. The number of hydrogen-bond acceptors (Lipinski definition) is 4. The SMILES string of the molecule is CN(C)C(=O)c1cccc(NC(=O)c2nnn(-c3cccc(F)c3)c2C(F)(F)F)c1. The van der Waals surface area contributed by atoms with Gasteiger partial charge in [-0.05, 0) is 36.4 Å². The number of rotatable bonds is 4. The summed E-state index contributed by atoms with van der Waals surface area (Å²) in [5.41, 5.74) is -2.35. The summed E-state index contributed by atoms with van der Waals surface area (Å²) >= 11 is 0. The van der Waals surface area contributed by atoms with Gasteiger partial charge in [0.15, 0.2) is 11.4 Å². The van der Waals surface area contributed by atoms with Gasteiger partial charge in [0.1, 0.15) is 5.82 Å². The van der Waals surface area contributed by atoms with Crippen LogP contribution < -0.4 is 5.32 Å². The summed E-state index contributed by atoms with van der Waals surface area (Å²) in [6.45, 7) is 0. The average molecular weight is 421 g/mol. The number of hydrogen-bond donors (Lipinski definition) is 1. The highest BCUT2D eigenvalue weighted by Crippen LogP contribution is 2.33. The van der Waals surface area contributed by atoms with Crippen molar-refractivity contribution in [1.29, 1.82) is 0 Å². The van der Waals surface area contributed by atoms with E-state index in [2.05, 4.69) is 15.6 Å². The third-order valence-electron chi connectivity index (χ3n) is 3.98. The van der Waals surface area contributed by atoms with Crippen molar-refractivity contribution in [3.8, 4) is 5.69 Å². The third-order valence-corrected chi connectivity index (χ3v) is 3.98. The van der Waals surface area contributed by atoms with E-state index in [1.165, 1.54) is 55.4 Å². The van der Waals surface area contributed by atoms with Crippen molar-refractivity contribution in [3.63, 3.8) is 0 Å². The van der Waals surface area contributed by atoms with Gasteiger partial charge in [0.25, 0.3) is 11.8 Å². The van der Waals surface area contributed by atoms with Crippen molar-refractivity contribution < 1.29 is 27.2 Å². The summed E-state index contributed by atoms with van der Waals surface area (Å²) in [5, 5.41) is 9.02. The lowest BCUT2D eigenvalue weighted by Crippen LogP contribution is -2.23. The maximum absolute atomic E-state index is 13.7. The summed E-state index contributed by atoms with van der Waals surface area (Å²) in [7, 11) is 3.07. The molecule has 30 heavy (non-hydrogen) atoms. The van der Waals surface area contributed by atoms with E-state index in [0.717, 1.165) is 12.1 Å². The number of nitrogens with zero attached hydrogens (tertiary/aromatic N) is 4. The maximum Gasteiger partial charge on any atom is 0.435 e. The fraction of sp³-hybridized carbons (Fsp3) is 0.158. The van der Waals surface area contributed by atoms with Gasteiger partial charge < -0.3 is 10.2 Å². The van der Waals surface area contributed by atoms with Crippen molar-refractivity contribution in [1.82, 2.24) is 19.9 Å². The molecule has 0 aliphatic rings. The molecule has 2 aromatic carbocycles. The van der Waals surface area contributed by atoms with Crippen molar-refractivity contribution >= 4 is 17.5 Å². The van der Waals surface area contributed by atoms with E-state index in [1.54, 1.807) is 0 Å². The van der Waals surface area contributed by atoms with Gasteiger partial charge in [-0.15, -0.1) is 5.10 Å². The van der Waals surface area contributed by atoms with Crippen LogP contribution in [0.15, 0.2) is 48.5 Å². The topological polar surface area (TPSA) is 80.1 Å². The Morgan fingerprint density at radius 1 is 1.07 bits per heavy atom. The minimum atomic E-state index is -4.99. The molecule has 156 valence electrons. The largest absolute Gasteiger partial charge is 0.435 e. The van der Waals surface area contributed by atoms with Crippen LogP contribution in [0.1, 0.15) is 26.5 Å². The number of amides is 2. The Morgan fingerprint density at radius 2 is 1.77 bits per heavy atom. The number of anilines is 1. The first-order valence-corrected chi connectivity index (χ1v) is 8.50. The molecule has 0 spiro atoms. The number of aromatic nitrogens is 3. The number of nitrogens with one attached hydrogen (secondary N) is 1. The lowest BCUT2D eigenvalue weighted by molar-refractivity contribution is -0.143. The molecule has 3 aromatic rings. The summed E-state index contributed by atoms with van der Waals surface area (Å²) in [4.78, 5) is 25.9. The maximum atomic E-state index is 13.7. The molecule has 0 aliphatic carbocycles. The molecule has 0 unspecified atom stereocenters. The highest BCUT2D eigenvalue weighted by Gasteiger charge is 2.42. The lowest BCUT2D eigenvalue weighted by atomic mass is 10.1. The van der Waals surface area contributed by atoms with E-state index in [9.17, 15) is 27.2 Å². The number of carbonyl (C=O) groups is 2. The van der Waals surface area contributed by atoms with Crippen LogP contribution in [-0.2, 0) is 6.18 Å². The number of alkyl halides is 3. The molecule has 1 heterocycles. The van der Waals surface area contributed by atoms with Gasteiger partial charge in [0.05, 0.1) is 5.69 Å². The van der Waals surface area contributed by atoms with Crippen LogP contribution in [0.4, 0.5) is 23.2 Å². The first-order chi connectivity index (χ1) is 14.1. The normalized spacial score (nSPS) is 11.3. The van der Waals surface area contributed by atoms with E-state index in [0.29, 0.717) is 4.68 Å². The van der Waals surface area contributed by atoms with Gasteiger partial charge >= 0.3 is 6.18 Å². The molecule has 0 bridgehead atoms. The van der Waals surface area contributed by atoms with Gasteiger partial charge in [-0.25, -0.2) is 9.07 Å². The second kappa shape index (κ2) is 7.93. The van der Waals surface area contributed by atoms with Crippen molar-refractivity contribution in [2.75, 3.05) is 19.4 Å². The standard InChI is InChI=1S/C19H15F4N5O2/c1-27(2)18(30)11-5-3-7-13(9-11)24-17(29)15-16(19(21,22)23)28(26-25-15)14-8-4-6-12(20)10-14/h3-10H,1-2H3,(H,24,29). The van der Waals surface area contributed by atoms with E-state index >= 15 is 0 Å². The molecule has 0 saturated heterocycles. The Bertz CT molecular complexity index is 1110. The molecule has 1 aromatic heterocycles. The first kappa shape index (κ1) is 21.0. The predicted octanol–water partition coefficient (Wildman–Crippen LogP) is 3.38. The summed E-state index contributed by atoms with van der Waals surface area (Å²) < 4.78 is 54.8. The zero-order chi connectivity index (χ0) is 22.1. The molecule has 11 heteroatoms. The van der Waals surface area contributed by atoms with Crippen molar-refractivity contribution in [2.45, 2.75) is 6.18 Å². The smallest absolute Gasteiger partial charge is 0.345 e. The monoisotopic (exact) mass is 421 g/mol. The molecule has 7 nitrogen and oxygen atoms in total. The van der Waals surface area contributed by atoms with Crippen LogP contribution in [0.3, 0.4) is 0 Å². The molecule has 3 rings (SSSR count). The Labute approximate surface area is 167 Å². The second-order valence-electron chi connectivity index (χ2n) is 6.41. The molecule has 1 N–H and O–H groups in total. The average Bonchev–Trinajstić information content (AvgIpc) is 3.13. The fourth-order valence-electron chi connectivity index (χ4n) is 2.66. The van der Waals surface area contributed by atoms with Gasteiger partial charge in [-0.3, -0.25) is 9.59 Å². The summed E-state index contributed by atoms with van der Waals surface area (Å²) in [6, 6.07) is 10.0. The zero-order valence-corrected chi connectivity index (χ0v) is 15.7. The van der Waals surface area contributed by atoms with E-state index in [-0.39, 0.29) is 22.8 Å². The second-order valence-corrected chi connectivity index (χ2v) is 6.41. The molecule has 0 radical (unpaired) electrons. The van der Waals surface area contributed by atoms with Crippen LogP contribution in [0.5, 0.6) is 0 Å². The summed E-state index contributed by atoms with van der Waals surface area (Å²) in [5.74, 6) is -2.30. The van der Waals surface area contributed by atoms with Crippen molar-refractivity contribution in [3.05, 3.63) is 71.3 Å². The third kappa shape index (κ3) is 4.29. The molecule has 0 atom stereocenters. The van der Waals surface area contributed by atoms with Gasteiger partial charge in [0.2, 0.25) is 0 Å². The molecule has 0 fully saturated rings. The Balaban J connectivity index is 1.97. The highest BCUT2D eigenvalue weighted by atomic mass is 19.4. The Kier molecular flexibility index (Phi) is 5.54. The predicted molar refractivity (Wildman–Crippen MR) is 98.7 cm³/mol. The van der Waals surface area contributed by atoms with Crippen LogP contribution in [0.2, 0.25) is 0 Å². The van der Waals surface area contributed by atoms with Crippen molar-refractivity contribution in [2.24, 2.45) is 0 Å². The van der Waals surface area contributed by atoms with Crippen LogP contribution in [0.25, 0.3) is 5.69 Å². The number of benzene rings is 2. The van der Waals surface area contributed by atoms with Gasteiger partial charge in [-0.1, -0.05) is 17.3 Å². The molecule has 2 amide bonds. The Morgan fingerprint density at radius 3 is 2.40 bits per heavy atom. The van der Waals surface area contributed by atoms with Gasteiger partial charge in [-0.2, -0.15) is 13.2 Å². The first-order valence-electron chi connectivity index (χ1n) is 8.50. The fourth-order valence-corrected chi connectivity index (χ4v) is 2.66. The Hall–Kier alpha value is -3.76. The lowest BCUT2D eigenvalue weighted by Gasteiger charge is -2.13. The van der Waals surface area contributed by atoms with Gasteiger partial charge in [0, 0.05) is 25.3 Å². The van der Waals surface area contributed by atoms with Crippen LogP contribution in [0, 0.1) is 5.82 Å². The molecular formula is C19H15F4N5O2. The van der Waals surface area contributed by atoms with E-state index in [1.807, 2.05) is 0 Å². The molecule has 0 aliphatic heterocycles. The highest BCUT2D eigenvalue weighted by molar-refractivity contribution is 6.04.